The standard InChI is InChI=1S/C18H20N2O4/c1-12(9-15(21)17-7-4-8-23-17)20-18(22)19-11-14-10-13-5-2-3-6-16(13)24-14/h2-8,10,12,15,21H,9,11H2,1H3,(H2,19,20,22)/t12-,15+/m0/s1. The molecule has 1 aromatic carbocycles. The molecule has 6 heteroatoms. The first kappa shape index (κ1) is 16.1. The molecule has 0 bridgehead atoms. The molecule has 0 aliphatic heterocycles. The van der Waals surface area contributed by atoms with Crippen LogP contribution in [0.5, 0.6) is 0 Å². The molecule has 3 rings (SSSR count). The molecule has 0 radical (unpaired) electrons. The number of fused-ring (bicyclic) bond motifs is 1. The van der Waals surface area contributed by atoms with Crippen LogP contribution in [0.15, 0.2) is 57.6 Å². The average molecular weight is 328 g/mol. The highest BCUT2D eigenvalue weighted by Crippen LogP contribution is 2.19. The minimum atomic E-state index is -0.745. The maximum Gasteiger partial charge on any atom is 0.315 e. The van der Waals surface area contributed by atoms with Crippen molar-refractivity contribution in [2.45, 2.75) is 32.0 Å². The van der Waals surface area contributed by atoms with Gasteiger partial charge in [0, 0.05) is 17.8 Å². The number of rotatable bonds is 6. The van der Waals surface area contributed by atoms with Gasteiger partial charge in [-0.25, -0.2) is 4.79 Å². The molecule has 24 heavy (non-hydrogen) atoms. The number of carbonyl (C=O) groups excluding carboxylic acids is 1. The fourth-order valence-corrected chi connectivity index (χ4v) is 2.56. The molecule has 2 aromatic heterocycles. The third-order valence-corrected chi connectivity index (χ3v) is 3.73. The molecule has 2 atom stereocenters. The minimum Gasteiger partial charge on any atom is -0.467 e. The Labute approximate surface area is 139 Å². The number of hydrogen-bond donors (Lipinski definition) is 3. The van der Waals surface area contributed by atoms with Gasteiger partial charge in [0.2, 0.25) is 0 Å². The zero-order chi connectivity index (χ0) is 16.9. The summed E-state index contributed by atoms with van der Waals surface area (Å²) in [6.45, 7) is 2.13. The van der Waals surface area contributed by atoms with Crippen molar-refractivity contribution in [1.29, 1.82) is 0 Å². The van der Waals surface area contributed by atoms with Crippen molar-refractivity contribution in [3.05, 3.63) is 60.2 Å². The number of aliphatic hydroxyl groups is 1. The van der Waals surface area contributed by atoms with Crippen LogP contribution >= 0.6 is 0 Å². The summed E-state index contributed by atoms with van der Waals surface area (Å²) >= 11 is 0. The summed E-state index contributed by atoms with van der Waals surface area (Å²) in [4.78, 5) is 11.9. The fraction of sp³-hybridized carbons (Fsp3) is 0.278. The Morgan fingerprint density at radius 3 is 2.83 bits per heavy atom. The molecule has 0 spiro atoms. The largest absolute Gasteiger partial charge is 0.467 e. The van der Waals surface area contributed by atoms with Gasteiger partial charge in [-0.2, -0.15) is 0 Å². The Kier molecular flexibility index (Phi) is 4.86. The van der Waals surface area contributed by atoms with Crippen molar-refractivity contribution in [1.82, 2.24) is 10.6 Å². The molecule has 0 unspecified atom stereocenters. The molecule has 126 valence electrons. The van der Waals surface area contributed by atoms with E-state index in [1.165, 1.54) is 6.26 Å². The van der Waals surface area contributed by atoms with Gasteiger partial charge in [0.15, 0.2) is 0 Å². The van der Waals surface area contributed by atoms with Gasteiger partial charge in [0.1, 0.15) is 23.2 Å². The smallest absolute Gasteiger partial charge is 0.315 e. The van der Waals surface area contributed by atoms with Crippen LogP contribution in [0.4, 0.5) is 4.79 Å². The lowest BCUT2D eigenvalue weighted by molar-refractivity contribution is 0.129. The zero-order valence-corrected chi connectivity index (χ0v) is 13.4. The summed E-state index contributed by atoms with van der Waals surface area (Å²) in [5, 5.41) is 16.5. The van der Waals surface area contributed by atoms with Gasteiger partial charge in [0.25, 0.3) is 0 Å². The van der Waals surface area contributed by atoms with Crippen molar-refractivity contribution < 1.29 is 18.7 Å². The van der Waals surface area contributed by atoms with Crippen molar-refractivity contribution in [2.24, 2.45) is 0 Å². The molecule has 0 aliphatic rings. The summed E-state index contributed by atoms with van der Waals surface area (Å²) in [5.41, 5.74) is 0.796. The number of carbonyl (C=O) groups is 1. The van der Waals surface area contributed by atoms with E-state index < -0.39 is 6.10 Å². The van der Waals surface area contributed by atoms with Crippen molar-refractivity contribution in [3.63, 3.8) is 0 Å². The monoisotopic (exact) mass is 328 g/mol. The Balaban J connectivity index is 1.46. The molecule has 0 saturated heterocycles. The summed E-state index contributed by atoms with van der Waals surface area (Å²) in [5.74, 6) is 1.18. The predicted octanol–water partition coefficient (Wildman–Crippen LogP) is 3.34. The lowest BCUT2D eigenvalue weighted by Gasteiger charge is -2.16. The number of hydrogen-bond acceptors (Lipinski definition) is 4. The Hall–Kier alpha value is -2.73. The van der Waals surface area contributed by atoms with E-state index in [1.54, 1.807) is 12.1 Å². The normalized spacial score (nSPS) is 13.6. The Bertz CT molecular complexity index is 761. The molecule has 0 saturated carbocycles. The van der Waals surface area contributed by atoms with Gasteiger partial charge in [0.05, 0.1) is 12.8 Å². The van der Waals surface area contributed by atoms with Crippen molar-refractivity contribution >= 4 is 17.0 Å². The lowest BCUT2D eigenvalue weighted by Crippen LogP contribution is -2.41. The summed E-state index contributed by atoms with van der Waals surface area (Å²) in [6.07, 6.45) is 1.13. The molecule has 3 aromatic rings. The van der Waals surface area contributed by atoms with Gasteiger partial charge in [-0.05, 0) is 31.2 Å². The van der Waals surface area contributed by atoms with E-state index in [-0.39, 0.29) is 12.1 Å². The first-order valence-corrected chi connectivity index (χ1v) is 7.85. The van der Waals surface area contributed by atoms with Gasteiger partial charge < -0.3 is 24.6 Å². The first-order chi connectivity index (χ1) is 11.6. The van der Waals surface area contributed by atoms with E-state index in [2.05, 4.69) is 10.6 Å². The number of urea groups is 1. The molecule has 3 N–H and O–H groups in total. The molecule has 0 fully saturated rings. The second-order valence-corrected chi connectivity index (χ2v) is 5.75. The number of furan rings is 2. The van der Waals surface area contributed by atoms with E-state index in [1.807, 2.05) is 37.3 Å². The number of para-hydroxylation sites is 1. The quantitative estimate of drug-likeness (QED) is 0.647. The highest BCUT2D eigenvalue weighted by molar-refractivity contribution is 5.78. The third kappa shape index (κ3) is 3.97. The molecule has 2 heterocycles. The topological polar surface area (TPSA) is 87.6 Å². The van der Waals surface area contributed by atoms with Gasteiger partial charge in [-0.15, -0.1) is 0 Å². The van der Waals surface area contributed by atoms with E-state index in [4.69, 9.17) is 8.83 Å². The van der Waals surface area contributed by atoms with Crippen LogP contribution in [0.1, 0.15) is 31.0 Å². The van der Waals surface area contributed by atoms with Crippen LogP contribution in [0.2, 0.25) is 0 Å². The Morgan fingerprint density at radius 2 is 2.08 bits per heavy atom. The minimum absolute atomic E-state index is 0.208. The van der Waals surface area contributed by atoms with E-state index >= 15 is 0 Å². The van der Waals surface area contributed by atoms with E-state index in [0.717, 1.165) is 11.0 Å². The van der Waals surface area contributed by atoms with E-state index in [9.17, 15) is 9.90 Å². The predicted molar refractivity (Wildman–Crippen MR) is 89.3 cm³/mol. The maximum atomic E-state index is 11.9. The SMILES string of the molecule is C[C@@H](C[C@@H](O)c1ccco1)NC(=O)NCc1cc2ccccc2o1. The molecule has 6 nitrogen and oxygen atoms in total. The second kappa shape index (κ2) is 7.23. The Morgan fingerprint density at radius 1 is 1.25 bits per heavy atom. The number of amides is 2. The van der Waals surface area contributed by atoms with Gasteiger partial charge in [-0.1, -0.05) is 18.2 Å². The fourth-order valence-electron chi connectivity index (χ4n) is 2.56. The van der Waals surface area contributed by atoms with E-state index in [0.29, 0.717) is 24.5 Å². The van der Waals surface area contributed by atoms with Crippen molar-refractivity contribution in [2.75, 3.05) is 0 Å². The van der Waals surface area contributed by atoms with Crippen LogP contribution in [0.25, 0.3) is 11.0 Å². The molecule has 0 aliphatic carbocycles. The van der Waals surface area contributed by atoms with Crippen LogP contribution in [-0.2, 0) is 6.54 Å². The van der Waals surface area contributed by atoms with Gasteiger partial charge in [-0.3, -0.25) is 0 Å². The average Bonchev–Trinajstić information content (AvgIpc) is 3.21. The first-order valence-electron chi connectivity index (χ1n) is 7.85. The zero-order valence-electron chi connectivity index (χ0n) is 13.4. The van der Waals surface area contributed by atoms with Crippen LogP contribution in [0, 0.1) is 0 Å². The van der Waals surface area contributed by atoms with Crippen LogP contribution in [0.3, 0.4) is 0 Å². The number of benzene rings is 1. The molecular formula is C18H20N2O4. The summed E-state index contributed by atoms with van der Waals surface area (Å²) < 4.78 is 10.8. The van der Waals surface area contributed by atoms with Gasteiger partial charge >= 0.3 is 6.03 Å². The highest BCUT2D eigenvalue weighted by Gasteiger charge is 2.16. The molecular weight excluding hydrogens is 308 g/mol. The summed E-state index contributed by atoms with van der Waals surface area (Å²) in [7, 11) is 0. The lowest BCUT2D eigenvalue weighted by atomic mass is 10.1. The highest BCUT2D eigenvalue weighted by atomic mass is 16.4. The number of nitrogens with one attached hydrogen (secondary N) is 2. The van der Waals surface area contributed by atoms with Crippen LogP contribution in [-0.4, -0.2) is 17.2 Å². The maximum absolute atomic E-state index is 11.9. The summed E-state index contributed by atoms with van der Waals surface area (Å²) in [6, 6.07) is 12.5. The van der Waals surface area contributed by atoms with Crippen molar-refractivity contribution in [3.8, 4) is 0 Å². The third-order valence-electron chi connectivity index (χ3n) is 3.73. The molecule has 2 amide bonds. The number of aliphatic hydroxyl groups excluding tert-OH is 1. The van der Waals surface area contributed by atoms with Crippen LogP contribution < -0.4 is 10.6 Å². The second-order valence-electron chi connectivity index (χ2n) is 5.75.